The molecule has 0 aromatic carbocycles. The monoisotopic (exact) mass is 294 g/mol. The average Bonchev–Trinajstić information content (AvgIpc) is 3.09. The molecule has 1 unspecified atom stereocenters. The second kappa shape index (κ2) is 7.07. The van der Waals surface area contributed by atoms with Gasteiger partial charge in [-0.2, -0.15) is 0 Å². The zero-order valence-corrected chi connectivity index (χ0v) is 13.4. The SMILES string of the molecule is CC(C(=O)N1CCN(C2CCCC2)CC1)N1CCNCC1. The highest BCUT2D eigenvalue weighted by molar-refractivity contribution is 5.81. The summed E-state index contributed by atoms with van der Waals surface area (Å²) in [5, 5.41) is 3.35. The molecule has 120 valence electrons. The summed E-state index contributed by atoms with van der Waals surface area (Å²) in [5.74, 6) is 0.336. The predicted octanol–water partition coefficient (Wildman–Crippen LogP) is 0.367. The molecule has 5 heteroatoms. The molecule has 0 aromatic heterocycles. The van der Waals surface area contributed by atoms with Crippen molar-refractivity contribution in [2.45, 2.75) is 44.7 Å². The minimum Gasteiger partial charge on any atom is -0.339 e. The molecule has 2 saturated heterocycles. The Balaban J connectivity index is 1.47. The van der Waals surface area contributed by atoms with Gasteiger partial charge in [-0.15, -0.1) is 0 Å². The van der Waals surface area contributed by atoms with E-state index in [-0.39, 0.29) is 6.04 Å². The van der Waals surface area contributed by atoms with Crippen LogP contribution in [0.4, 0.5) is 0 Å². The lowest BCUT2D eigenvalue weighted by atomic mass is 10.1. The summed E-state index contributed by atoms with van der Waals surface area (Å²) in [6.45, 7) is 10.1. The van der Waals surface area contributed by atoms with Crippen LogP contribution >= 0.6 is 0 Å². The van der Waals surface area contributed by atoms with E-state index in [9.17, 15) is 4.79 Å². The zero-order valence-electron chi connectivity index (χ0n) is 13.4. The first-order chi connectivity index (χ1) is 10.3. The molecule has 0 aromatic rings. The van der Waals surface area contributed by atoms with E-state index in [2.05, 4.69) is 26.9 Å². The second-order valence-corrected chi connectivity index (χ2v) is 6.76. The summed E-state index contributed by atoms with van der Waals surface area (Å²) in [6, 6.07) is 0.845. The minimum atomic E-state index is 0.0464. The number of hydrogen-bond donors (Lipinski definition) is 1. The van der Waals surface area contributed by atoms with Crippen molar-refractivity contribution in [2.24, 2.45) is 0 Å². The average molecular weight is 294 g/mol. The van der Waals surface area contributed by atoms with Crippen LogP contribution in [0.15, 0.2) is 0 Å². The molecule has 0 radical (unpaired) electrons. The van der Waals surface area contributed by atoms with Gasteiger partial charge in [0.1, 0.15) is 0 Å². The molecule has 0 bridgehead atoms. The molecule has 1 saturated carbocycles. The minimum absolute atomic E-state index is 0.0464. The van der Waals surface area contributed by atoms with Crippen molar-refractivity contribution in [2.75, 3.05) is 52.4 Å². The van der Waals surface area contributed by atoms with E-state index in [1.165, 1.54) is 25.7 Å². The van der Waals surface area contributed by atoms with Crippen LogP contribution in [0.25, 0.3) is 0 Å². The molecule has 1 aliphatic carbocycles. The van der Waals surface area contributed by atoms with Crippen molar-refractivity contribution < 1.29 is 4.79 Å². The number of carbonyl (C=O) groups is 1. The van der Waals surface area contributed by atoms with Gasteiger partial charge in [-0.3, -0.25) is 14.6 Å². The van der Waals surface area contributed by atoms with E-state index in [0.29, 0.717) is 5.91 Å². The predicted molar refractivity (Wildman–Crippen MR) is 84.3 cm³/mol. The lowest BCUT2D eigenvalue weighted by Crippen LogP contribution is -2.57. The summed E-state index contributed by atoms with van der Waals surface area (Å²) < 4.78 is 0. The third-order valence-electron chi connectivity index (χ3n) is 5.52. The molecule has 0 spiro atoms. The van der Waals surface area contributed by atoms with E-state index in [0.717, 1.165) is 58.4 Å². The molecular formula is C16H30N4O. The number of carbonyl (C=O) groups excluding carboxylic acids is 1. The summed E-state index contributed by atoms with van der Waals surface area (Å²) in [4.78, 5) is 19.7. The molecule has 1 amide bonds. The van der Waals surface area contributed by atoms with Gasteiger partial charge in [-0.1, -0.05) is 12.8 Å². The molecule has 5 nitrogen and oxygen atoms in total. The summed E-state index contributed by atoms with van der Waals surface area (Å²) in [6.07, 6.45) is 5.52. The summed E-state index contributed by atoms with van der Waals surface area (Å²) in [7, 11) is 0. The van der Waals surface area contributed by atoms with Gasteiger partial charge in [0, 0.05) is 58.4 Å². The molecule has 3 aliphatic rings. The van der Waals surface area contributed by atoms with Crippen molar-refractivity contribution in [3.8, 4) is 0 Å². The Hall–Kier alpha value is -0.650. The Kier molecular flexibility index (Phi) is 5.14. The van der Waals surface area contributed by atoms with Gasteiger partial charge in [0.2, 0.25) is 5.91 Å². The normalized spacial score (nSPS) is 28.0. The Morgan fingerprint density at radius 3 is 2.24 bits per heavy atom. The molecule has 1 atom stereocenters. The number of hydrogen-bond acceptors (Lipinski definition) is 4. The van der Waals surface area contributed by atoms with Gasteiger partial charge in [-0.25, -0.2) is 0 Å². The maximum Gasteiger partial charge on any atom is 0.239 e. The van der Waals surface area contributed by atoms with Crippen LogP contribution < -0.4 is 5.32 Å². The van der Waals surface area contributed by atoms with Gasteiger partial charge in [0.05, 0.1) is 6.04 Å². The smallest absolute Gasteiger partial charge is 0.239 e. The highest BCUT2D eigenvalue weighted by Gasteiger charge is 2.31. The Bertz CT molecular complexity index is 342. The first-order valence-electron chi connectivity index (χ1n) is 8.73. The molecule has 21 heavy (non-hydrogen) atoms. The van der Waals surface area contributed by atoms with Crippen molar-refractivity contribution in [1.29, 1.82) is 0 Å². The van der Waals surface area contributed by atoms with Gasteiger partial charge in [0.15, 0.2) is 0 Å². The lowest BCUT2D eigenvalue weighted by Gasteiger charge is -2.41. The zero-order chi connectivity index (χ0) is 14.7. The van der Waals surface area contributed by atoms with Crippen LogP contribution in [-0.2, 0) is 4.79 Å². The molecule has 3 fully saturated rings. The van der Waals surface area contributed by atoms with Gasteiger partial charge in [-0.05, 0) is 19.8 Å². The molecule has 3 rings (SSSR count). The van der Waals surface area contributed by atoms with Crippen molar-refractivity contribution in [3.05, 3.63) is 0 Å². The highest BCUT2D eigenvalue weighted by Crippen LogP contribution is 2.24. The topological polar surface area (TPSA) is 38.8 Å². The van der Waals surface area contributed by atoms with E-state index in [1.54, 1.807) is 0 Å². The fraction of sp³-hybridized carbons (Fsp3) is 0.938. The quantitative estimate of drug-likeness (QED) is 0.816. The lowest BCUT2D eigenvalue weighted by molar-refractivity contribution is -0.138. The van der Waals surface area contributed by atoms with Crippen LogP contribution in [0.1, 0.15) is 32.6 Å². The Morgan fingerprint density at radius 2 is 1.62 bits per heavy atom. The van der Waals surface area contributed by atoms with Crippen LogP contribution in [0.5, 0.6) is 0 Å². The molecule has 1 N–H and O–H groups in total. The maximum absolute atomic E-state index is 12.7. The first kappa shape index (κ1) is 15.3. The highest BCUT2D eigenvalue weighted by atomic mass is 16.2. The van der Waals surface area contributed by atoms with Crippen LogP contribution in [0.3, 0.4) is 0 Å². The standard InChI is InChI=1S/C16H30N4O/c1-14(18-8-6-17-7-9-18)16(21)20-12-10-19(11-13-20)15-4-2-3-5-15/h14-15,17H,2-13H2,1H3. The van der Waals surface area contributed by atoms with E-state index in [1.807, 2.05) is 0 Å². The van der Waals surface area contributed by atoms with Gasteiger partial charge >= 0.3 is 0 Å². The third-order valence-corrected chi connectivity index (χ3v) is 5.52. The van der Waals surface area contributed by atoms with Crippen LogP contribution in [0.2, 0.25) is 0 Å². The molecule has 2 aliphatic heterocycles. The second-order valence-electron chi connectivity index (χ2n) is 6.76. The first-order valence-corrected chi connectivity index (χ1v) is 8.73. The Labute approximate surface area is 128 Å². The largest absolute Gasteiger partial charge is 0.339 e. The Morgan fingerprint density at radius 1 is 1.00 bits per heavy atom. The maximum atomic E-state index is 12.7. The summed E-state index contributed by atoms with van der Waals surface area (Å²) in [5.41, 5.74) is 0. The van der Waals surface area contributed by atoms with Crippen molar-refractivity contribution in [1.82, 2.24) is 20.0 Å². The fourth-order valence-electron chi connectivity index (χ4n) is 4.07. The number of piperazine rings is 2. The van der Waals surface area contributed by atoms with Crippen molar-refractivity contribution >= 4 is 5.91 Å². The molecule has 2 heterocycles. The van der Waals surface area contributed by atoms with Crippen molar-refractivity contribution in [3.63, 3.8) is 0 Å². The van der Waals surface area contributed by atoms with Crippen LogP contribution in [0, 0.1) is 0 Å². The molecular weight excluding hydrogens is 264 g/mol. The van der Waals surface area contributed by atoms with E-state index in [4.69, 9.17) is 0 Å². The van der Waals surface area contributed by atoms with E-state index >= 15 is 0 Å². The summed E-state index contributed by atoms with van der Waals surface area (Å²) >= 11 is 0. The van der Waals surface area contributed by atoms with E-state index < -0.39 is 0 Å². The number of rotatable bonds is 3. The number of amides is 1. The van der Waals surface area contributed by atoms with Crippen LogP contribution in [-0.4, -0.2) is 85.0 Å². The number of nitrogens with one attached hydrogen (secondary N) is 1. The fourth-order valence-corrected chi connectivity index (χ4v) is 4.07. The van der Waals surface area contributed by atoms with Gasteiger partial charge in [0.25, 0.3) is 0 Å². The van der Waals surface area contributed by atoms with Gasteiger partial charge < -0.3 is 10.2 Å². The number of nitrogens with zero attached hydrogens (tertiary/aromatic N) is 3. The third kappa shape index (κ3) is 3.58.